The molecule has 3 fully saturated rings. The summed E-state index contributed by atoms with van der Waals surface area (Å²) in [5.41, 5.74) is 0.380. The summed E-state index contributed by atoms with van der Waals surface area (Å²) in [5.74, 6) is -1.15. The number of nitrogens with zero attached hydrogens (tertiary/aromatic N) is 5. The molecule has 2 aromatic heterocycles. The molecular weight excluding hydrogens is 632 g/mol. The van der Waals surface area contributed by atoms with E-state index in [-0.39, 0.29) is 58.3 Å². The smallest absolute Gasteiger partial charge is 0.319 e. The second-order valence-electron chi connectivity index (χ2n) is 13.7. The van der Waals surface area contributed by atoms with Gasteiger partial charge in [-0.05, 0) is 92.9 Å². The summed E-state index contributed by atoms with van der Waals surface area (Å²) in [6, 6.07) is 6.86. The number of aliphatic hydroxyl groups is 2. The number of phenolic OH excluding ortho intramolecular Hbond substituents is 1. The molecule has 0 amide bonds. The second-order valence-corrected chi connectivity index (χ2v) is 13.7. The number of aryl methyl sites for hydroxylation is 1. The largest absolute Gasteiger partial charge is 0.508 e. The molecule has 4 aromatic rings. The Morgan fingerprint density at radius 3 is 2.63 bits per heavy atom. The van der Waals surface area contributed by atoms with Crippen molar-refractivity contribution in [1.82, 2.24) is 19.9 Å². The number of phenols is 1. The van der Waals surface area contributed by atoms with Crippen molar-refractivity contribution in [2.75, 3.05) is 44.5 Å². The molecule has 0 bridgehead atoms. The van der Waals surface area contributed by atoms with E-state index in [2.05, 4.69) is 14.9 Å². The number of aromatic nitrogens is 3. The van der Waals surface area contributed by atoms with E-state index in [0.29, 0.717) is 48.1 Å². The number of halogens is 2. The topological polar surface area (TPSA) is 124 Å². The van der Waals surface area contributed by atoms with Crippen LogP contribution in [0, 0.1) is 17.0 Å². The number of likely N-dealkylation sites (tertiary alicyclic amines) is 1. The van der Waals surface area contributed by atoms with E-state index in [1.807, 2.05) is 13.8 Å². The van der Waals surface area contributed by atoms with E-state index in [1.165, 1.54) is 42.1 Å². The third kappa shape index (κ3) is 6.28. The highest BCUT2D eigenvalue weighted by molar-refractivity contribution is 6.01. The van der Waals surface area contributed by atoms with Gasteiger partial charge in [0.25, 0.3) is 0 Å². The van der Waals surface area contributed by atoms with Crippen molar-refractivity contribution in [3.05, 3.63) is 47.7 Å². The highest BCUT2D eigenvalue weighted by Gasteiger charge is 2.51. The summed E-state index contributed by atoms with van der Waals surface area (Å²) < 4.78 is 44.1. The number of hydrogen-bond acceptors (Lipinski definition) is 10. The van der Waals surface area contributed by atoms with Crippen LogP contribution in [0.1, 0.15) is 64.4 Å². The minimum Gasteiger partial charge on any atom is -0.508 e. The molecule has 3 aliphatic rings. The molecule has 2 aromatic carbocycles. The number of fused-ring (bicyclic) bond motifs is 3. The molecule has 3 heterocycles. The molecular formula is C37H45F2N5O5. The molecule has 3 N–H and O–H groups in total. The van der Waals surface area contributed by atoms with Crippen LogP contribution in [0.4, 0.5) is 14.6 Å². The molecule has 49 heavy (non-hydrogen) atoms. The predicted molar refractivity (Wildman–Crippen MR) is 183 cm³/mol. The fourth-order valence-corrected chi connectivity index (χ4v) is 8.39. The average molecular weight is 678 g/mol. The quantitative estimate of drug-likeness (QED) is 0.151. The van der Waals surface area contributed by atoms with Crippen LogP contribution < -0.4 is 9.64 Å². The van der Waals surface area contributed by atoms with Crippen LogP contribution in [0.5, 0.6) is 11.8 Å². The lowest BCUT2D eigenvalue weighted by atomic mass is 9.75. The Morgan fingerprint density at radius 1 is 1.08 bits per heavy atom. The number of aromatic hydroxyl groups is 1. The van der Waals surface area contributed by atoms with Gasteiger partial charge in [-0.3, -0.25) is 9.88 Å². The Morgan fingerprint density at radius 2 is 1.90 bits per heavy atom. The van der Waals surface area contributed by atoms with Crippen LogP contribution in [0.3, 0.4) is 0 Å². The van der Waals surface area contributed by atoms with E-state index in [9.17, 15) is 15.3 Å². The zero-order valence-electron chi connectivity index (χ0n) is 28.2. The first kappa shape index (κ1) is 33.8. The molecule has 10 nitrogen and oxygen atoms in total. The number of rotatable bonds is 13. The highest BCUT2D eigenvalue weighted by Crippen LogP contribution is 2.51. The number of ether oxygens (including phenoxy) is 2. The van der Waals surface area contributed by atoms with Crippen LogP contribution in [0.15, 0.2) is 30.5 Å². The molecule has 2 saturated carbocycles. The summed E-state index contributed by atoms with van der Waals surface area (Å²) in [7, 11) is 0. The van der Waals surface area contributed by atoms with Crippen LogP contribution >= 0.6 is 0 Å². The van der Waals surface area contributed by atoms with Crippen LogP contribution in [0.2, 0.25) is 0 Å². The normalized spacial score (nSPS) is 21.7. The molecule has 262 valence electrons. The average Bonchev–Trinajstić information content (AvgIpc) is 3.87. The Kier molecular flexibility index (Phi) is 9.58. The van der Waals surface area contributed by atoms with Crippen molar-refractivity contribution in [3.63, 3.8) is 0 Å². The Hall–Kier alpha value is -3.71. The van der Waals surface area contributed by atoms with Gasteiger partial charge in [0.15, 0.2) is 5.82 Å². The van der Waals surface area contributed by atoms with Crippen molar-refractivity contribution in [1.29, 1.82) is 0 Å². The fraction of sp³-hybridized carbons (Fsp3) is 0.541. The van der Waals surface area contributed by atoms with Gasteiger partial charge in [0.05, 0.1) is 31.2 Å². The minimum atomic E-state index is -0.792. The number of anilines is 1. The summed E-state index contributed by atoms with van der Waals surface area (Å²) in [6.45, 7) is 4.74. The summed E-state index contributed by atoms with van der Waals surface area (Å²) in [5, 5.41) is 32.3. The predicted octanol–water partition coefficient (Wildman–Crippen LogP) is 5.72. The van der Waals surface area contributed by atoms with Crippen molar-refractivity contribution >= 4 is 27.5 Å². The maximum absolute atomic E-state index is 16.9. The lowest BCUT2D eigenvalue weighted by Gasteiger charge is -2.46. The molecule has 2 unspecified atom stereocenters. The van der Waals surface area contributed by atoms with Gasteiger partial charge in [0, 0.05) is 35.9 Å². The SMILES string of the molecule is CCO[C@@H](CO)CN(CO)c1nc(OCC23CCCC2N(C2CC2)CCC3)nc2c(F)c(-c3cc(O)cc4ccc(F)c(CC)c34)ncc12. The van der Waals surface area contributed by atoms with Crippen molar-refractivity contribution < 1.29 is 33.6 Å². The van der Waals surface area contributed by atoms with Crippen LogP contribution in [0.25, 0.3) is 32.9 Å². The first-order valence-electron chi connectivity index (χ1n) is 17.6. The standard InChI is InChI=1S/C37H45F2N5O5/c1-3-26-29(38)11-8-22-15-24(47)16-27(31(22)26)33-32(39)34-28(17-40-33)35(43(21-46)18-25(19-45)48-4-2)42-36(41-34)49-20-37-12-5-7-30(37)44(14-6-13-37)23-9-10-23/h8,11,15-17,23,25,30,45-47H,3-7,9-10,12-14,18-21H2,1-2H3/t25-,30?,37?/m1/s1. The van der Waals surface area contributed by atoms with E-state index in [0.717, 1.165) is 38.6 Å². The number of hydrogen-bond donors (Lipinski definition) is 3. The first-order chi connectivity index (χ1) is 23.8. The Bertz CT molecular complexity index is 1840. The summed E-state index contributed by atoms with van der Waals surface area (Å²) in [6.07, 6.45) is 9.05. The van der Waals surface area contributed by atoms with Gasteiger partial charge < -0.3 is 29.7 Å². The monoisotopic (exact) mass is 677 g/mol. The van der Waals surface area contributed by atoms with Gasteiger partial charge in [-0.2, -0.15) is 9.97 Å². The van der Waals surface area contributed by atoms with Gasteiger partial charge in [0.2, 0.25) is 0 Å². The molecule has 1 saturated heterocycles. The molecule has 12 heteroatoms. The van der Waals surface area contributed by atoms with E-state index in [4.69, 9.17) is 14.5 Å². The van der Waals surface area contributed by atoms with Crippen LogP contribution in [-0.2, 0) is 11.2 Å². The third-order valence-electron chi connectivity index (χ3n) is 10.8. The van der Waals surface area contributed by atoms with E-state index in [1.54, 1.807) is 6.07 Å². The third-order valence-corrected chi connectivity index (χ3v) is 10.8. The van der Waals surface area contributed by atoms with Gasteiger partial charge >= 0.3 is 6.01 Å². The number of benzene rings is 2. The highest BCUT2D eigenvalue weighted by atomic mass is 19.1. The zero-order chi connectivity index (χ0) is 34.3. The molecule has 1 aliphatic heterocycles. The molecule has 0 spiro atoms. The summed E-state index contributed by atoms with van der Waals surface area (Å²) in [4.78, 5) is 18.0. The van der Waals surface area contributed by atoms with E-state index >= 15 is 8.78 Å². The maximum Gasteiger partial charge on any atom is 0.319 e. The Balaban J connectivity index is 1.34. The second kappa shape index (κ2) is 13.9. The van der Waals surface area contributed by atoms with Crippen molar-refractivity contribution in [3.8, 4) is 23.0 Å². The number of pyridine rings is 1. The molecule has 2 aliphatic carbocycles. The lowest BCUT2D eigenvalue weighted by molar-refractivity contribution is -0.00469. The first-order valence-corrected chi connectivity index (χ1v) is 17.6. The Labute approximate surface area is 284 Å². The fourth-order valence-electron chi connectivity index (χ4n) is 8.39. The van der Waals surface area contributed by atoms with Crippen molar-refractivity contribution in [2.45, 2.75) is 83.4 Å². The number of aliphatic hydroxyl groups excluding tert-OH is 2. The molecule has 7 rings (SSSR count). The van der Waals surface area contributed by atoms with Gasteiger partial charge in [-0.1, -0.05) is 19.4 Å². The van der Waals surface area contributed by atoms with Gasteiger partial charge in [-0.15, -0.1) is 0 Å². The summed E-state index contributed by atoms with van der Waals surface area (Å²) >= 11 is 0. The number of piperidine rings is 1. The van der Waals surface area contributed by atoms with Crippen molar-refractivity contribution in [2.24, 2.45) is 5.41 Å². The zero-order valence-corrected chi connectivity index (χ0v) is 28.2. The van der Waals surface area contributed by atoms with Gasteiger partial charge in [-0.25, -0.2) is 8.78 Å². The van der Waals surface area contributed by atoms with E-state index < -0.39 is 24.5 Å². The maximum atomic E-state index is 16.9. The molecule has 3 atom stereocenters. The minimum absolute atomic E-state index is 0.0291. The molecule has 0 radical (unpaired) electrons. The lowest BCUT2D eigenvalue weighted by Crippen LogP contribution is -2.52. The van der Waals surface area contributed by atoms with Gasteiger partial charge in [0.1, 0.15) is 35.3 Å². The van der Waals surface area contributed by atoms with Crippen LogP contribution in [-0.4, -0.2) is 93.0 Å².